The lowest BCUT2D eigenvalue weighted by Crippen LogP contribution is -2.50. The zero-order chi connectivity index (χ0) is 15.3. The van der Waals surface area contributed by atoms with Crippen molar-refractivity contribution >= 4 is 0 Å². The Bertz CT molecular complexity index is 292. The molecule has 0 spiro atoms. The molecule has 1 atom stereocenters. The van der Waals surface area contributed by atoms with Crippen LogP contribution in [0.3, 0.4) is 0 Å². The Labute approximate surface area is 131 Å². The van der Waals surface area contributed by atoms with E-state index in [9.17, 15) is 0 Å². The maximum atomic E-state index is 15.0. The monoisotopic (exact) mass is 298 g/mol. The second-order valence-electron chi connectivity index (χ2n) is 7.49. The quantitative estimate of drug-likeness (QED) is 0.732. The van der Waals surface area contributed by atoms with E-state index in [0.29, 0.717) is 6.54 Å². The van der Waals surface area contributed by atoms with Gasteiger partial charge in [-0.25, -0.2) is 4.39 Å². The predicted molar refractivity (Wildman–Crippen MR) is 88.4 cm³/mol. The van der Waals surface area contributed by atoms with Gasteiger partial charge in [0.2, 0.25) is 0 Å². The van der Waals surface area contributed by atoms with Crippen LogP contribution >= 0.6 is 0 Å². The minimum Gasteiger partial charge on any atom is -0.303 e. The SMILES string of the molecule is CCCN1CCC(F)(CN2CCC(C(C)CC)CC2)CC1. The van der Waals surface area contributed by atoms with E-state index >= 15 is 4.39 Å². The van der Waals surface area contributed by atoms with Gasteiger partial charge < -0.3 is 9.80 Å². The zero-order valence-corrected chi connectivity index (χ0v) is 14.4. The number of nitrogens with zero attached hydrogens (tertiary/aromatic N) is 2. The summed E-state index contributed by atoms with van der Waals surface area (Å²) < 4.78 is 15.0. The van der Waals surface area contributed by atoms with E-state index in [1.54, 1.807) is 0 Å². The Morgan fingerprint density at radius 1 is 1.05 bits per heavy atom. The molecule has 21 heavy (non-hydrogen) atoms. The third-order valence-corrected chi connectivity index (χ3v) is 5.88. The second kappa shape index (κ2) is 7.92. The molecular formula is C18H35FN2. The Hall–Kier alpha value is -0.150. The van der Waals surface area contributed by atoms with Crippen LogP contribution < -0.4 is 0 Å². The fourth-order valence-electron chi connectivity index (χ4n) is 4.07. The first kappa shape index (κ1) is 17.2. The topological polar surface area (TPSA) is 6.48 Å². The number of likely N-dealkylation sites (tertiary alicyclic amines) is 2. The standard InChI is InChI=1S/C18H35FN2/c1-4-10-20-13-8-18(19,9-14-20)15-21-11-6-17(7-12-21)16(3)5-2/h16-17H,4-15H2,1-3H3. The van der Waals surface area contributed by atoms with Gasteiger partial charge >= 0.3 is 0 Å². The molecule has 2 nitrogen and oxygen atoms in total. The number of hydrogen-bond acceptors (Lipinski definition) is 2. The highest BCUT2D eigenvalue weighted by molar-refractivity contribution is 4.90. The molecule has 0 aromatic rings. The Morgan fingerprint density at radius 2 is 1.67 bits per heavy atom. The van der Waals surface area contributed by atoms with Crippen molar-refractivity contribution in [3.63, 3.8) is 0 Å². The molecule has 2 rings (SSSR count). The van der Waals surface area contributed by atoms with Crippen molar-refractivity contribution in [3.8, 4) is 0 Å². The lowest BCUT2D eigenvalue weighted by molar-refractivity contribution is 0.0121. The maximum Gasteiger partial charge on any atom is 0.126 e. The molecule has 0 amide bonds. The first-order valence-electron chi connectivity index (χ1n) is 9.20. The van der Waals surface area contributed by atoms with E-state index in [-0.39, 0.29) is 0 Å². The van der Waals surface area contributed by atoms with Crippen molar-refractivity contribution in [3.05, 3.63) is 0 Å². The molecule has 0 aromatic carbocycles. The normalized spacial score (nSPS) is 26.9. The Kier molecular flexibility index (Phi) is 6.49. The molecule has 0 saturated carbocycles. The molecular weight excluding hydrogens is 263 g/mol. The average molecular weight is 298 g/mol. The molecule has 0 aliphatic carbocycles. The van der Waals surface area contributed by atoms with Crippen molar-refractivity contribution in [2.75, 3.05) is 39.3 Å². The van der Waals surface area contributed by atoms with Gasteiger partial charge in [0.25, 0.3) is 0 Å². The lowest BCUT2D eigenvalue weighted by Gasteiger charge is -2.41. The van der Waals surface area contributed by atoms with Crippen molar-refractivity contribution in [2.24, 2.45) is 11.8 Å². The van der Waals surface area contributed by atoms with Crippen LogP contribution in [-0.4, -0.2) is 54.7 Å². The first-order chi connectivity index (χ1) is 10.1. The van der Waals surface area contributed by atoms with Crippen LogP contribution in [0.1, 0.15) is 59.3 Å². The van der Waals surface area contributed by atoms with Gasteiger partial charge in [0.15, 0.2) is 0 Å². The number of halogens is 1. The molecule has 2 saturated heterocycles. The van der Waals surface area contributed by atoms with Crippen LogP contribution in [0.4, 0.5) is 4.39 Å². The maximum absolute atomic E-state index is 15.0. The fourth-order valence-corrected chi connectivity index (χ4v) is 4.07. The highest BCUT2D eigenvalue weighted by Gasteiger charge is 2.37. The minimum absolute atomic E-state index is 0.681. The van der Waals surface area contributed by atoms with Crippen molar-refractivity contribution in [1.82, 2.24) is 9.80 Å². The molecule has 2 heterocycles. The van der Waals surface area contributed by atoms with Gasteiger partial charge in [0, 0.05) is 19.6 Å². The Balaban J connectivity index is 1.73. The predicted octanol–water partition coefficient (Wildman–Crippen LogP) is 3.96. The smallest absolute Gasteiger partial charge is 0.126 e. The van der Waals surface area contributed by atoms with Gasteiger partial charge in [-0.15, -0.1) is 0 Å². The van der Waals surface area contributed by atoms with Gasteiger partial charge in [-0.2, -0.15) is 0 Å². The zero-order valence-electron chi connectivity index (χ0n) is 14.4. The fraction of sp³-hybridized carbons (Fsp3) is 1.00. The van der Waals surface area contributed by atoms with E-state index < -0.39 is 5.67 Å². The van der Waals surface area contributed by atoms with Gasteiger partial charge in [-0.05, 0) is 63.6 Å². The summed E-state index contributed by atoms with van der Waals surface area (Å²) in [6.07, 6.45) is 6.48. The highest BCUT2D eigenvalue weighted by Crippen LogP contribution is 2.31. The van der Waals surface area contributed by atoms with Crippen LogP contribution in [0.5, 0.6) is 0 Å². The molecule has 2 fully saturated rings. The van der Waals surface area contributed by atoms with Crippen molar-refractivity contribution in [2.45, 2.75) is 65.0 Å². The molecule has 3 heteroatoms. The van der Waals surface area contributed by atoms with E-state index in [2.05, 4.69) is 30.6 Å². The van der Waals surface area contributed by atoms with Crippen LogP contribution in [0, 0.1) is 11.8 Å². The Morgan fingerprint density at radius 3 is 2.19 bits per heavy atom. The van der Waals surface area contributed by atoms with Crippen molar-refractivity contribution < 1.29 is 4.39 Å². The molecule has 0 N–H and O–H groups in total. The highest BCUT2D eigenvalue weighted by atomic mass is 19.1. The van der Waals surface area contributed by atoms with Crippen LogP contribution in [-0.2, 0) is 0 Å². The van der Waals surface area contributed by atoms with Gasteiger partial charge in [-0.3, -0.25) is 0 Å². The van der Waals surface area contributed by atoms with E-state index in [1.807, 2.05) is 0 Å². The largest absolute Gasteiger partial charge is 0.303 e. The average Bonchev–Trinajstić information content (AvgIpc) is 2.50. The van der Waals surface area contributed by atoms with Gasteiger partial charge in [-0.1, -0.05) is 27.2 Å². The van der Waals surface area contributed by atoms with E-state index in [1.165, 1.54) is 25.7 Å². The molecule has 2 aliphatic heterocycles. The molecule has 2 aliphatic rings. The summed E-state index contributed by atoms with van der Waals surface area (Å²) in [5.74, 6) is 1.71. The first-order valence-corrected chi connectivity index (χ1v) is 9.20. The number of piperidine rings is 2. The van der Waals surface area contributed by atoms with E-state index in [4.69, 9.17) is 0 Å². The minimum atomic E-state index is -0.923. The van der Waals surface area contributed by atoms with Gasteiger partial charge in [0.1, 0.15) is 5.67 Å². The third-order valence-electron chi connectivity index (χ3n) is 5.88. The molecule has 0 aromatic heterocycles. The van der Waals surface area contributed by atoms with Crippen LogP contribution in [0.25, 0.3) is 0 Å². The third kappa shape index (κ3) is 4.92. The van der Waals surface area contributed by atoms with E-state index in [0.717, 1.165) is 57.4 Å². The summed E-state index contributed by atoms with van der Waals surface area (Å²) in [7, 11) is 0. The van der Waals surface area contributed by atoms with Crippen LogP contribution in [0.15, 0.2) is 0 Å². The lowest BCUT2D eigenvalue weighted by atomic mass is 9.83. The molecule has 0 radical (unpaired) electrons. The molecule has 1 unspecified atom stereocenters. The number of rotatable bonds is 6. The summed E-state index contributed by atoms with van der Waals surface area (Å²) in [6, 6.07) is 0. The second-order valence-corrected chi connectivity index (χ2v) is 7.49. The molecule has 0 bridgehead atoms. The summed E-state index contributed by atoms with van der Waals surface area (Å²) in [4.78, 5) is 4.82. The summed E-state index contributed by atoms with van der Waals surface area (Å²) in [5, 5.41) is 0. The number of hydrogen-bond donors (Lipinski definition) is 0. The summed E-state index contributed by atoms with van der Waals surface area (Å²) in [5.41, 5.74) is -0.923. The summed E-state index contributed by atoms with van der Waals surface area (Å²) in [6.45, 7) is 12.8. The summed E-state index contributed by atoms with van der Waals surface area (Å²) >= 11 is 0. The van der Waals surface area contributed by atoms with Crippen molar-refractivity contribution in [1.29, 1.82) is 0 Å². The van der Waals surface area contributed by atoms with Gasteiger partial charge in [0.05, 0.1) is 0 Å². The molecule has 124 valence electrons. The van der Waals surface area contributed by atoms with Crippen LogP contribution in [0.2, 0.25) is 0 Å². The number of alkyl halides is 1.